The highest BCUT2D eigenvalue weighted by Crippen LogP contribution is 2.21. The zero-order valence-corrected chi connectivity index (χ0v) is 12.9. The molecule has 1 aromatic heterocycles. The van der Waals surface area contributed by atoms with Gasteiger partial charge in [-0.3, -0.25) is 4.72 Å². The number of aromatic nitrogens is 1. The lowest BCUT2D eigenvalue weighted by Gasteiger charge is -2.12. The topological polar surface area (TPSA) is 51.1 Å². The van der Waals surface area contributed by atoms with E-state index in [2.05, 4.69) is 4.72 Å². The van der Waals surface area contributed by atoms with Gasteiger partial charge < -0.3 is 4.57 Å². The molecule has 0 aliphatic carbocycles. The van der Waals surface area contributed by atoms with Gasteiger partial charge in [-0.25, -0.2) is 8.42 Å². The van der Waals surface area contributed by atoms with Crippen molar-refractivity contribution in [1.82, 2.24) is 4.57 Å². The summed E-state index contributed by atoms with van der Waals surface area (Å²) in [5.74, 6) is 0.507. The Morgan fingerprint density at radius 3 is 2.23 bits per heavy atom. The average Bonchev–Trinajstić information content (AvgIpc) is 2.96. The fourth-order valence-electron chi connectivity index (χ4n) is 2.19. The lowest BCUT2D eigenvalue weighted by Crippen LogP contribution is -2.15. The molecule has 1 heterocycles. The van der Waals surface area contributed by atoms with Crippen molar-refractivity contribution in [2.75, 3.05) is 4.72 Å². The molecule has 0 unspecified atom stereocenters. The van der Waals surface area contributed by atoms with Gasteiger partial charge in [0.05, 0.1) is 4.90 Å². The van der Waals surface area contributed by atoms with Gasteiger partial charge >= 0.3 is 0 Å². The van der Waals surface area contributed by atoms with Gasteiger partial charge in [-0.05, 0) is 43.3 Å². The third-order valence-corrected chi connectivity index (χ3v) is 4.72. The van der Waals surface area contributed by atoms with E-state index < -0.39 is 10.0 Å². The number of hydrogen-bond acceptors (Lipinski definition) is 2. The SMILES string of the molecule is Cc1ccc(-n2cccc2NS(=O)(=O)c2ccccc2)cc1. The lowest BCUT2D eigenvalue weighted by atomic mass is 10.2. The minimum atomic E-state index is -3.59. The number of nitrogens with one attached hydrogen (secondary N) is 1. The fraction of sp³-hybridized carbons (Fsp3) is 0.0588. The van der Waals surface area contributed by atoms with Gasteiger partial charge in [0.1, 0.15) is 5.82 Å². The number of anilines is 1. The first-order valence-corrected chi connectivity index (χ1v) is 8.37. The molecule has 0 atom stereocenters. The van der Waals surface area contributed by atoms with Gasteiger partial charge in [0.15, 0.2) is 0 Å². The standard InChI is InChI=1S/C17H16N2O2S/c1-14-9-11-15(12-10-14)19-13-5-8-17(19)18-22(20,21)16-6-3-2-4-7-16/h2-13,18H,1H3. The molecular weight excluding hydrogens is 296 g/mol. The van der Waals surface area contributed by atoms with E-state index in [1.807, 2.05) is 43.5 Å². The summed E-state index contributed by atoms with van der Waals surface area (Å²) < 4.78 is 29.3. The smallest absolute Gasteiger partial charge is 0.263 e. The molecule has 3 rings (SSSR count). The molecule has 0 aliphatic rings. The maximum atomic E-state index is 12.4. The molecule has 5 heteroatoms. The molecule has 4 nitrogen and oxygen atoms in total. The largest absolute Gasteiger partial charge is 0.303 e. The first-order chi connectivity index (χ1) is 10.6. The normalized spacial score (nSPS) is 11.3. The summed E-state index contributed by atoms with van der Waals surface area (Å²) >= 11 is 0. The van der Waals surface area contributed by atoms with Gasteiger partial charge in [0.2, 0.25) is 0 Å². The maximum absolute atomic E-state index is 12.4. The molecular formula is C17H16N2O2S. The van der Waals surface area contributed by atoms with Crippen LogP contribution < -0.4 is 4.72 Å². The molecule has 22 heavy (non-hydrogen) atoms. The molecule has 0 aliphatic heterocycles. The van der Waals surface area contributed by atoms with Gasteiger partial charge in [0.25, 0.3) is 10.0 Å². The fourth-order valence-corrected chi connectivity index (χ4v) is 3.27. The Bertz CT molecular complexity index is 867. The van der Waals surface area contributed by atoms with Crippen molar-refractivity contribution in [3.63, 3.8) is 0 Å². The van der Waals surface area contributed by atoms with Crippen molar-refractivity contribution < 1.29 is 8.42 Å². The third-order valence-electron chi connectivity index (χ3n) is 3.35. The van der Waals surface area contributed by atoms with E-state index in [4.69, 9.17) is 0 Å². The molecule has 0 radical (unpaired) electrons. The summed E-state index contributed by atoms with van der Waals surface area (Å²) in [7, 11) is -3.59. The molecule has 0 amide bonds. The molecule has 112 valence electrons. The summed E-state index contributed by atoms with van der Waals surface area (Å²) in [5, 5.41) is 0. The second kappa shape index (κ2) is 5.69. The van der Waals surface area contributed by atoms with Crippen LogP contribution in [0.1, 0.15) is 5.56 Å². The second-order valence-electron chi connectivity index (χ2n) is 5.02. The number of rotatable bonds is 4. The van der Waals surface area contributed by atoms with Crippen molar-refractivity contribution in [3.8, 4) is 5.69 Å². The summed E-state index contributed by atoms with van der Waals surface area (Å²) in [6.45, 7) is 2.01. The number of nitrogens with zero attached hydrogens (tertiary/aromatic N) is 1. The quantitative estimate of drug-likeness (QED) is 0.800. The Hall–Kier alpha value is -2.53. The minimum absolute atomic E-state index is 0.242. The van der Waals surface area contributed by atoms with Crippen LogP contribution in [0.2, 0.25) is 0 Å². The highest BCUT2D eigenvalue weighted by Gasteiger charge is 2.15. The molecule has 0 bridgehead atoms. The molecule has 0 saturated carbocycles. The molecule has 0 fully saturated rings. The monoisotopic (exact) mass is 312 g/mol. The summed E-state index contributed by atoms with van der Waals surface area (Å²) in [4.78, 5) is 0.242. The highest BCUT2D eigenvalue weighted by molar-refractivity contribution is 7.92. The Kier molecular flexibility index (Phi) is 3.73. The summed E-state index contributed by atoms with van der Waals surface area (Å²) in [6.07, 6.45) is 1.83. The maximum Gasteiger partial charge on any atom is 0.263 e. The second-order valence-corrected chi connectivity index (χ2v) is 6.70. The zero-order valence-electron chi connectivity index (χ0n) is 12.1. The lowest BCUT2D eigenvalue weighted by molar-refractivity contribution is 0.601. The van der Waals surface area contributed by atoms with Gasteiger partial charge in [-0.2, -0.15) is 0 Å². The van der Waals surface area contributed by atoms with E-state index in [0.29, 0.717) is 5.82 Å². The van der Waals surface area contributed by atoms with E-state index in [0.717, 1.165) is 11.3 Å². The third kappa shape index (κ3) is 2.89. The van der Waals surface area contributed by atoms with Crippen LogP contribution in [0, 0.1) is 6.92 Å². The van der Waals surface area contributed by atoms with Crippen LogP contribution in [-0.2, 0) is 10.0 Å². The predicted molar refractivity (Wildman–Crippen MR) is 87.8 cm³/mol. The number of benzene rings is 2. The number of hydrogen-bond donors (Lipinski definition) is 1. The average molecular weight is 312 g/mol. The van der Waals surface area contributed by atoms with Crippen LogP contribution in [0.25, 0.3) is 5.69 Å². The van der Waals surface area contributed by atoms with Crippen molar-refractivity contribution >= 4 is 15.8 Å². The summed E-state index contributed by atoms with van der Waals surface area (Å²) in [6, 6.07) is 19.8. The van der Waals surface area contributed by atoms with Crippen molar-refractivity contribution in [3.05, 3.63) is 78.5 Å². The zero-order chi connectivity index (χ0) is 15.6. The Balaban J connectivity index is 1.95. The Labute approximate surface area is 130 Å². The molecule has 1 N–H and O–H groups in total. The summed E-state index contributed by atoms with van der Waals surface area (Å²) in [5.41, 5.74) is 2.06. The molecule has 3 aromatic rings. The first-order valence-electron chi connectivity index (χ1n) is 6.88. The van der Waals surface area contributed by atoms with Crippen LogP contribution in [0.4, 0.5) is 5.82 Å². The first kappa shape index (κ1) is 14.4. The van der Waals surface area contributed by atoms with E-state index in [9.17, 15) is 8.42 Å². The van der Waals surface area contributed by atoms with Crippen molar-refractivity contribution in [2.24, 2.45) is 0 Å². The Morgan fingerprint density at radius 1 is 0.864 bits per heavy atom. The number of aryl methyl sites for hydroxylation is 1. The van der Waals surface area contributed by atoms with Crippen LogP contribution in [0.5, 0.6) is 0 Å². The van der Waals surface area contributed by atoms with E-state index in [1.54, 1.807) is 41.0 Å². The van der Waals surface area contributed by atoms with Crippen molar-refractivity contribution in [2.45, 2.75) is 11.8 Å². The van der Waals surface area contributed by atoms with Crippen LogP contribution in [0.3, 0.4) is 0 Å². The minimum Gasteiger partial charge on any atom is -0.303 e. The van der Waals surface area contributed by atoms with Gasteiger partial charge in [-0.15, -0.1) is 0 Å². The van der Waals surface area contributed by atoms with E-state index in [-0.39, 0.29) is 4.90 Å². The highest BCUT2D eigenvalue weighted by atomic mass is 32.2. The van der Waals surface area contributed by atoms with Gasteiger partial charge in [0, 0.05) is 11.9 Å². The Morgan fingerprint density at radius 2 is 1.55 bits per heavy atom. The van der Waals surface area contributed by atoms with Crippen molar-refractivity contribution in [1.29, 1.82) is 0 Å². The van der Waals surface area contributed by atoms with E-state index in [1.165, 1.54) is 0 Å². The van der Waals surface area contributed by atoms with Crippen LogP contribution in [0.15, 0.2) is 77.8 Å². The number of sulfonamides is 1. The van der Waals surface area contributed by atoms with Gasteiger partial charge in [-0.1, -0.05) is 35.9 Å². The molecule has 0 spiro atoms. The molecule has 0 saturated heterocycles. The predicted octanol–water partition coefficient (Wildman–Crippen LogP) is 3.59. The van der Waals surface area contributed by atoms with Crippen LogP contribution >= 0.6 is 0 Å². The molecule has 2 aromatic carbocycles. The van der Waals surface area contributed by atoms with E-state index >= 15 is 0 Å². The van der Waals surface area contributed by atoms with Crippen LogP contribution in [-0.4, -0.2) is 13.0 Å².